The molecule has 0 fully saturated rings. The number of para-hydroxylation sites is 1. The molecule has 20 heavy (non-hydrogen) atoms. The summed E-state index contributed by atoms with van der Waals surface area (Å²) < 4.78 is 3.48. The number of rotatable bonds is 1. The molecule has 0 spiro atoms. The Morgan fingerprint density at radius 3 is 2.80 bits per heavy atom. The van der Waals surface area contributed by atoms with E-state index in [1.54, 1.807) is 6.07 Å². The summed E-state index contributed by atoms with van der Waals surface area (Å²) in [5.74, 6) is 0. The molecule has 0 saturated heterocycles. The molecule has 3 aromatic rings. The zero-order valence-electron chi connectivity index (χ0n) is 10.6. The SMILES string of the molecule is Cc1ccc(-n2c(=S)[nH]c3c(C#N)cccc32)c(Br)c1. The molecule has 0 aliphatic carbocycles. The van der Waals surface area contributed by atoms with Gasteiger partial charge in [-0.15, -0.1) is 0 Å². The number of aromatic amines is 1. The minimum Gasteiger partial charge on any atom is -0.329 e. The van der Waals surface area contributed by atoms with E-state index < -0.39 is 0 Å². The summed E-state index contributed by atoms with van der Waals surface area (Å²) in [7, 11) is 0. The minimum absolute atomic E-state index is 0.576. The molecular formula is C15H10BrN3S. The molecule has 1 heterocycles. The van der Waals surface area contributed by atoms with Crippen LogP contribution in [-0.2, 0) is 0 Å². The molecule has 0 radical (unpaired) electrons. The molecule has 3 nitrogen and oxygen atoms in total. The number of aryl methyl sites for hydroxylation is 1. The molecule has 5 heteroatoms. The van der Waals surface area contributed by atoms with Gasteiger partial charge in [-0.1, -0.05) is 12.1 Å². The van der Waals surface area contributed by atoms with Gasteiger partial charge in [-0.05, 0) is 64.9 Å². The predicted molar refractivity (Wildman–Crippen MR) is 85.6 cm³/mol. The maximum absolute atomic E-state index is 9.17. The van der Waals surface area contributed by atoms with Crippen LogP contribution in [0, 0.1) is 23.0 Å². The number of fused-ring (bicyclic) bond motifs is 1. The average molecular weight is 344 g/mol. The van der Waals surface area contributed by atoms with E-state index in [2.05, 4.69) is 27.0 Å². The molecule has 0 amide bonds. The smallest absolute Gasteiger partial charge is 0.182 e. The topological polar surface area (TPSA) is 44.5 Å². The zero-order chi connectivity index (χ0) is 14.3. The second-order valence-electron chi connectivity index (χ2n) is 4.53. The summed E-state index contributed by atoms with van der Waals surface area (Å²) in [6.45, 7) is 2.04. The monoisotopic (exact) mass is 343 g/mol. The van der Waals surface area contributed by atoms with Crippen molar-refractivity contribution in [1.82, 2.24) is 9.55 Å². The number of nitriles is 1. The summed E-state index contributed by atoms with van der Waals surface area (Å²) in [5, 5.41) is 9.17. The fraction of sp³-hybridized carbons (Fsp3) is 0.0667. The first-order valence-electron chi connectivity index (χ1n) is 6.02. The second-order valence-corrected chi connectivity index (χ2v) is 5.77. The van der Waals surface area contributed by atoms with Crippen molar-refractivity contribution in [3.63, 3.8) is 0 Å². The van der Waals surface area contributed by atoms with Crippen LogP contribution in [0.2, 0.25) is 0 Å². The van der Waals surface area contributed by atoms with E-state index >= 15 is 0 Å². The van der Waals surface area contributed by atoms with E-state index in [1.165, 1.54) is 5.56 Å². The Labute approximate surface area is 129 Å². The Hall–Kier alpha value is -1.90. The summed E-state index contributed by atoms with van der Waals surface area (Å²) in [6, 6.07) is 13.9. The highest BCUT2D eigenvalue weighted by Gasteiger charge is 2.11. The van der Waals surface area contributed by atoms with Crippen LogP contribution in [0.4, 0.5) is 0 Å². The second kappa shape index (κ2) is 4.89. The van der Waals surface area contributed by atoms with Gasteiger partial charge in [0.2, 0.25) is 0 Å². The average Bonchev–Trinajstić information content (AvgIpc) is 2.75. The summed E-state index contributed by atoms with van der Waals surface area (Å²) >= 11 is 8.99. The third kappa shape index (κ3) is 1.98. The van der Waals surface area contributed by atoms with Crippen LogP contribution in [0.5, 0.6) is 0 Å². The predicted octanol–water partition coefficient (Wildman–Crippen LogP) is 4.63. The molecular weight excluding hydrogens is 334 g/mol. The molecule has 2 aromatic carbocycles. The largest absolute Gasteiger partial charge is 0.329 e. The van der Waals surface area contributed by atoms with Gasteiger partial charge in [0.15, 0.2) is 4.77 Å². The van der Waals surface area contributed by atoms with Gasteiger partial charge in [0.05, 0.1) is 22.3 Å². The highest BCUT2D eigenvalue weighted by atomic mass is 79.9. The molecule has 0 atom stereocenters. The number of aromatic nitrogens is 2. The summed E-state index contributed by atoms with van der Waals surface area (Å²) in [6.07, 6.45) is 0. The number of nitrogens with one attached hydrogen (secondary N) is 1. The normalized spacial score (nSPS) is 10.7. The Morgan fingerprint density at radius 2 is 2.10 bits per heavy atom. The van der Waals surface area contributed by atoms with Crippen molar-refractivity contribution in [2.45, 2.75) is 6.92 Å². The maximum atomic E-state index is 9.17. The van der Waals surface area contributed by atoms with Crippen molar-refractivity contribution in [2.75, 3.05) is 0 Å². The van der Waals surface area contributed by atoms with Gasteiger partial charge >= 0.3 is 0 Å². The van der Waals surface area contributed by atoms with Crippen LogP contribution >= 0.6 is 28.1 Å². The maximum Gasteiger partial charge on any atom is 0.182 e. The molecule has 98 valence electrons. The Morgan fingerprint density at radius 1 is 1.30 bits per heavy atom. The minimum atomic E-state index is 0.576. The van der Waals surface area contributed by atoms with Crippen LogP contribution in [0.3, 0.4) is 0 Å². The van der Waals surface area contributed by atoms with Crippen molar-refractivity contribution in [1.29, 1.82) is 5.26 Å². The van der Waals surface area contributed by atoms with Gasteiger partial charge < -0.3 is 4.98 Å². The van der Waals surface area contributed by atoms with Crippen molar-refractivity contribution >= 4 is 39.2 Å². The first-order valence-corrected chi connectivity index (χ1v) is 7.22. The molecule has 3 rings (SSSR count). The fourth-order valence-electron chi connectivity index (χ4n) is 2.26. The number of halogens is 1. The molecule has 1 N–H and O–H groups in total. The molecule has 0 bridgehead atoms. The molecule has 0 aliphatic rings. The van der Waals surface area contributed by atoms with E-state index in [0.29, 0.717) is 10.3 Å². The summed E-state index contributed by atoms with van der Waals surface area (Å²) in [4.78, 5) is 3.12. The van der Waals surface area contributed by atoms with Crippen LogP contribution in [0.1, 0.15) is 11.1 Å². The molecule has 1 aromatic heterocycles. The lowest BCUT2D eigenvalue weighted by Gasteiger charge is -2.08. The van der Waals surface area contributed by atoms with Gasteiger partial charge in [0.25, 0.3) is 0 Å². The van der Waals surface area contributed by atoms with Crippen molar-refractivity contribution in [2.24, 2.45) is 0 Å². The first-order chi connectivity index (χ1) is 9.61. The summed E-state index contributed by atoms with van der Waals surface area (Å²) in [5.41, 5.74) is 4.40. The lowest BCUT2D eigenvalue weighted by Crippen LogP contribution is -1.95. The number of nitrogens with zero attached hydrogens (tertiary/aromatic N) is 2. The molecule has 0 unspecified atom stereocenters. The van der Waals surface area contributed by atoms with E-state index in [-0.39, 0.29) is 0 Å². The van der Waals surface area contributed by atoms with E-state index in [9.17, 15) is 5.26 Å². The standard InChI is InChI=1S/C15H10BrN3S/c1-9-5-6-12(11(16)7-9)19-13-4-2-3-10(8-17)14(13)18-15(19)20/h2-7H,1H3,(H,18,20). The van der Waals surface area contributed by atoms with Crippen LogP contribution < -0.4 is 0 Å². The van der Waals surface area contributed by atoms with Crippen molar-refractivity contribution < 1.29 is 0 Å². The van der Waals surface area contributed by atoms with Crippen LogP contribution in [0.15, 0.2) is 40.9 Å². The highest BCUT2D eigenvalue weighted by Crippen LogP contribution is 2.27. The fourth-order valence-corrected chi connectivity index (χ4v) is 3.23. The number of imidazole rings is 1. The Kier molecular flexibility index (Phi) is 3.20. The quantitative estimate of drug-likeness (QED) is 0.654. The highest BCUT2D eigenvalue weighted by molar-refractivity contribution is 9.10. The van der Waals surface area contributed by atoms with E-state index in [0.717, 1.165) is 21.2 Å². The number of benzene rings is 2. The van der Waals surface area contributed by atoms with Gasteiger partial charge in [0.1, 0.15) is 6.07 Å². The van der Waals surface area contributed by atoms with Crippen molar-refractivity contribution in [3.05, 3.63) is 56.8 Å². The number of H-pyrrole nitrogens is 1. The van der Waals surface area contributed by atoms with Gasteiger partial charge in [0, 0.05) is 4.47 Å². The van der Waals surface area contributed by atoms with Gasteiger partial charge in [-0.2, -0.15) is 5.26 Å². The zero-order valence-corrected chi connectivity index (χ0v) is 13.0. The Bertz CT molecular complexity index is 915. The van der Waals surface area contributed by atoms with Crippen LogP contribution in [0.25, 0.3) is 16.7 Å². The number of hydrogen-bond acceptors (Lipinski definition) is 2. The van der Waals surface area contributed by atoms with Crippen LogP contribution in [-0.4, -0.2) is 9.55 Å². The number of hydrogen-bond donors (Lipinski definition) is 1. The van der Waals surface area contributed by atoms with E-state index in [1.807, 2.05) is 41.8 Å². The van der Waals surface area contributed by atoms with Crippen molar-refractivity contribution in [3.8, 4) is 11.8 Å². The van der Waals surface area contributed by atoms with Gasteiger partial charge in [-0.3, -0.25) is 4.57 Å². The lowest BCUT2D eigenvalue weighted by atomic mass is 10.2. The van der Waals surface area contributed by atoms with E-state index in [4.69, 9.17) is 12.2 Å². The lowest BCUT2D eigenvalue weighted by molar-refractivity contribution is 1.05. The third-order valence-electron chi connectivity index (χ3n) is 3.18. The van der Waals surface area contributed by atoms with Gasteiger partial charge in [-0.25, -0.2) is 0 Å². The molecule has 0 aliphatic heterocycles. The Balaban J connectivity index is 2.41. The molecule has 0 saturated carbocycles. The first kappa shape index (κ1) is 13.1. The third-order valence-corrected chi connectivity index (χ3v) is 4.10.